The lowest BCUT2D eigenvalue weighted by Crippen LogP contribution is -2.04. The minimum absolute atomic E-state index is 0.674. The fourth-order valence-corrected chi connectivity index (χ4v) is 1.35. The zero-order valence-corrected chi connectivity index (χ0v) is 9.24. The molecule has 0 aliphatic rings. The molecule has 1 rings (SSSR count). The van der Waals surface area contributed by atoms with Crippen molar-refractivity contribution in [1.82, 2.24) is 0 Å². The molecule has 0 radical (unpaired) electrons. The van der Waals surface area contributed by atoms with Gasteiger partial charge in [-0.25, -0.2) is 0 Å². The van der Waals surface area contributed by atoms with Crippen molar-refractivity contribution in [2.24, 2.45) is 5.73 Å². The molecule has 0 spiro atoms. The molecule has 0 aliphatic heterocycles. The fourth-order valence-electron chi connectivity index (χ4n) is 1.35. The van der Waals surface area contributed by atoms with Crippen molar-refractivity contribution in [3.63, 3.8) is 0 Å². The zero-order valence-electron chi connectivity index (χ0n) is 9.24. The molecule has 1 aromatic carbocycles. The first-order valence-corrected chi connectivity index (χ1v) is 5.27. The van der Waals surface area contributed by atoms with Gasteiger partial charge < -0.3 is 15.2 Å². The van der Waals surface area contributed by atoms with Crippen LogP contribution in [0.5, 0.6) is 5.75 Å². The van der Waals surface area contributed by atoms with E-state index in [1.54, 1.807) is 7.11 Å². The number of methoxy groups -OCH3 is 1. The van der Waals surface area contributed by atoms with Crippen molar-refractivity contribution >= 4 is 0 Å². The number of ether oxygens (including phenoxy) is 2. The van der Waals surface area contributed by atoms with Crippen LogP contribution in [0.1, 0.15) is 12.0 Å². The van der Waals surface area contributed by atoms with Gasteiger partial charge in [-0.15, -0.1) is 0 Å². The van der Waals surface area contributed by atoms with Crippen LogP contribution in [0.2, 0.25) is 0 Å². The van der Waals surface area contributed by atoms with Crippen LogP contribution in [0.25, 0.3) is 0 Å². The summed E-state index contributed by atoms with van der Waals surface area (Å²) in [4.78, 5) is 0. The number of rotatable bonds is 7. The van der Waals surface area contributed by atoms with Crippen LogP contribution < -0.4 is 10.5 Å². The lowest BCUT2D eigenvalue weighted by molar-refractivity contribution is 0.172. The summed E-state index contributed by atoms with van der Waals surface area (Å²) in [6.07, 6.45) is 1.81. The molecule has 3 heteroatoms. The highest BCUT2D eigenvalue weighted by molar-refractivity contribution is 5.28. The number of hydrogen-bond acceptors (Lipinski definition) is 3. The molecule has 0 heterocycles. The summed E-state index contributed by atoms with van der Waals surface area (Å²) in [7, 11) is 1.70. The topological polar surface area (TPSA) is 44.5 Å². The van der Waals surface area contributed by atoms with Gasteiger partial charge in [0.05, 0.1) is 6.61 Å². The zero-order chi connectivity index (χ0) is 10.9. The maximum atomic E-state index is 5.57. The molecule has 0 aliphatic carbocycles. The van der Waals surface area contributed by atoms with E-state index in [0.29, 0.717) is 13.2 Å². The van der Waals surface area contributed by atoms with E-state index < -0.39 is 0 Å². The highest BCUT2D eigenvalue weighted by Crippen LogP contribution is 2.13. The molecular formula is C12H19NO2. The van der Waals surface area contributed by atoms with Crippen LogP contribution in [0.4, 0.5) is 0 Å². The van der Waals surface area contributed by atoms with Crippen molar-refractivity contribution in [3.8, 4) is 5.75 Å². The average Bonchev–Trinajstić information content (AvgIpc) is 2.26. The van der Waals surface area contributed by atoms with Gasteiger partial charge in [-0.05, 0) is 30.7 Å². The molecule has 3 nitrogen and oxygen atoms in total. The minimum atomic E-state index is 0.674. The maximum Gasteiger partial charge on any atom is 0.119 e. The van der Waals surface area contributed by atoms with E-state index in [0.717, 1.165) is 25.2 Å². The quantitative estimate of drug-likeness (QED) is 0.694. The SMILES string of the molecule is COCCCOc1cccc(CCN)c1. The van der Waals surface area contributed by atoms with Gasteiger partial charge in [0.2, 0.25) is 0 Å². The van der Waals surface area contributed by atoms with Crippen molar-refractivity contribution in [1.29, 1.82) is 0 Å². The summed E-state index contributed by atoms with van der Waals surface area (Å²) >= 11 is 0. The molecule has 84 valence electrons. The molecule has 0 bridgehead atoms. The van der Waals surface area contributed by atoms with Crippen molar-refractivity contribution in [2.75, 3.05) is 26.9 Å². The van der Waals surface area contributed by atoms with Crippen molar-refractivity contribution in [2.45, 2.75) is 12.8 Å². The molecule has 15 heavy (non-hydrogen) atoms. The van der Waals surface area contributed by atoms with E-state index in [1.807, 2.05) is 18.2 Å². The Morgan fingerprint density at radius 2 is 2.13 bits per heavy atom. The van der Waals surface area contributed by atoms with Crippen LogP contribution in [0.15, 0.2) is 24.3 Å². The first kappa shape index (κ1) is 12.0. The van der Waals surface area contributed by atoms with Gasteiger partial charge in [0.25, 0.3) is 0 Å². The van der Waals surface area contributed by atoms with Crippen LogP contribution in [0, 0.1) is 0 Å². The minimum Gasteiger partial charge on any atom is -0.493 e. The lowest BCUT2D eigenvalue weighted by atomic mass is 10.1. The van der Waals surface area contributed by atoms with E-state index in [1.165, 1.54) is 5.56 Å². The molecule has 0 fully saturated rings. The van der Waals surface area contributed by atoms with Gasteiger partial charge in [0.1, 0.15) is 5.75 Å². The summed E-state index contributed by atoms with van der Waals surface area (Å²) < 4.78 is 10.5. The fraction of sp³-hybridized carbons (Fsp3) is 0.500. The lowest BCUT2D eigenvalue weighted by Gasteiger charge is -2.07. The third-order valence-corrected chi connectivity index (χ3v) is 2.09. The van der Waals surface area contributed by atoms with Crippen LogP contribution in [-0.4, -0.2) is 26.9 Å². The van der Waals surface area contributed by atoms with Gasteiger partial charge in [-0.3, -0.25) is 0 Å². The summed E-state index contributed by atoms with van der Waals surface area (Å²) in [6.45, 7) is 2.11. The molecule has 0 unspecified atom stereocenters. The first-order chi connectivity index (χ1) is 7.36. The monoisotopic (exact) mass is 209 g/mol. The van der Waals surface area contributed by atoms with Gasteiger partial charge in [-0.1, -0.05) is 12.1 Å². The molecule has 1 aromatic rings. The highest BCUT2D eigenvalue weighted by atomic mass is 16.5. The van der Waals surface area contributed by atoms with E-state index in [2.05, 4.69) is 6.07 Å². The summed E-state index contributed by atoms with van der Waals surface area (Å²) in [5, 5.41) is 0. The first-order valence-electron chi connectivity index (χ1n) is 5.27. The largest absolute Gasteiger partial charge is 0.493 e. The van der Waals surface area contributed by atoms with Gasteiger partial charge in [0, 0.05) is 20.1 Å². The third kappa shape index (κ3) is 4.81. The molecule has 0 aromatic heterocycles. The Morgan fingerprint density at radius 3 is 2.87 bits per heavy atom. The number of benzene rings is 1. The highest BCUT2D eigenvalue weighted by Gasteiger charge is 1.96. The smallest absolute Gasteiger partial charge is 0.119 e. The second-order valence-electron chi connectivity index (χ2n) is 3.38. The van der Waals surface area contributed by atoms with E-state index in [4.69, 9.17) is 15.2 Å². The van der Waals surface area contributed by atoms with E-state index in [9.17, 15) is 0 Å². The molecule has 0 atom stereocenters. The Morgan fingerprint density at radius 1 is 1.27 bits per heavy atom. The summed E-state index contributed by atoms with van der Waals surface area (Å²) in [5.74, 6) is 0.914. The molecule has 0 amide bonds. The average molecular weight is 209 g/mol. The van der Waals surface area contributed by atoms with E-state index in [-0.39, 0.29) is 0 Å². The Hall–Kier alpha value is -1.06. The number of nitrogens with two attached hydrogens (primary N) is 1. The molecule has 0 saturated carbocycles. The molecule has 2 N–H and O–H groups in total. The van der Waals surface area contributed by atoms with Crippen LogP contribution >= 0.6 is 0 Å². The summed E-state index contributed by atoms with van der Waals surface area (Å²) in [5.41, 5.74) is 6.72. The van der Waals surface area contributed by atoms with Gasteiger partial charge in [-0.2, -0.15) is 0 Å². The predicted molar refractivity (Wildman–Crippen MR) is 61.2 cm³/mol. The standard InChI is InChI=1S/C12H19NO2/c1-14-8-3-9-15-12-5-2-4-11(10-12)6-7-13/h2,4-5,10H,3,6-9,13H2,1H3. The van der Waals surface area contributed by atoms with E-state index >= 15 is 0 Å². The predicted octanol–water partition coefficient (Wildman–Crippen LogP) is 1.60. The number of hydrogen-bond donors (Lipinski definition) is 1. The molecule has 0 saturated heterocycles. The Kier molecular flexibility index (Phi) is 5.81. The maximum absolute atomic E-state index is 5.57. The Labute approximate surface area is 91.2 Å². The second kappa shape index (κ2) is 7.26. The van der Waals surface area contributed by atoms with Crippen molar-refractivity contribution in [3.05, 3.63) is 29.8 Å². The Balaban J connectivity index is 2.36. The summed E-state index contributed by atoms with van der Waals surface area (Å²) in [6, 6.07) is 8.07. The van der Waals surface area contributed by atoms with Gasteiger partial charge >= 0.3 is 0 Å². The normalized spacial score (nSPS) is 10.3. The van der Waals surface area contributed by atoms with Crippen LogP contribution in [0.3, 0.4) is 0 Å². The second-order valence-corrected chi connectivity index (χ2v) is 3.38. The Bertz CT molecular complexity index is 276. The molecular weight excluding hydrogens is 190 g/mol. The van der Waals surface area contributed by atoms with Crippen LogP contribution in [-0.2, 0) is 11.2 Å². The van der Waals surface area contributed by atoms with Crippen molar-refractivity contribution < 1.29 is 9.47 Å². The third-order valence-electron chi connectivity index (χ3n) is 2.09. The van der Waals surface area contributed by atoms with Gasteiger partial charge in [0.15, 0.2) is 0 Å².